The third kappa shape index (κ3) is 4.20. The molecule has 0 aliphatic rings. The van der Waals surface area contributed by atoms with Crippen molar-refractivity contribution in [3.05, 3.63) is 16.1 Å². The van der Waals surface area contributed by atoms with Gasteiger partial charge in [0.05, 0.1) is 16.8 Å². The zero-order valence-corrected chi connectivity index (χ0v) is 11.4. The summed E-state index contributed by atoms with van der Waals surface area (Å²) in [6.45, 7) is 7.45. The number of methoxy groups -OCH3 is 1. The third-order valence-corrected chi connectivity index (χ3v) is 3.47. The standard InChI is InChI=1S/C12H22N2OS/c1-5-6-13-10(3)11-8-16-12(14-11)7-9(2)15-4/h8-10,13H,5-7H2,1-4H3. The SMILES string of the molecule is CCCNC(C)c1csc(CC(C)OC)n1. The van der Waals surface area contributed by atoms with Gasteiger partial charge in [0.1, 0.15) is 0 Å². The third-order valence-electron chi connectivity index (χ3n) is 2.58. The first-order valence-corrected chi connectivity index (χ1v) is 6.75. The van der Waals surface area contributed by atoms with Crippen molar-refractivity contribution in [1.82, 2.24) is 10.3 Å². The van der Waals surface area contributed by atoms with Crippen molar-refractivity contribution in [2.45, 2.75) is 45.8 Å². The van der Waals surface area contributed by atoms with E-state index in [1.54, 1.807) is 18.4 Å². The van der Waals surface area contributed by atoms with Gasteiger partial charge in [-0.2, -0.15) is 0 Å². The van der Waals surface area contributed by atoms with Gasteiger partial charge in [-0.05, 0) is 26.8 Å². The molecular formula is C12H22N2OS. The second-order valence-corrected chi connectivity index (χ2v) is 5.04. The molecule has 2 atom stereocenters. The molecule has 92 valence electrons. The molecule has 1 aromatic heterocycles. The lowest BCUT2D eigenvalue weighted by atomic mass is 10.2. The Hall–Kier alpha value is -0.450. The van der Waals surface area contributed by atoms with Crippen molar-refractivity contribution >= 4 is 11.3 Å². The van der Waals surface area contributed by atoms with Gasteiger partial charge in [-0.1, -0.05) is 6.92 Å². The number of aromatic nitrogens is 1. The van der Waals surface area contributed by atoms with Crippen LogP contribution in [0, 0.1) is 0 Å². The molecule has 0 radical (unpaired) electrons. The van der Waals surface area contributed by atoms with Gasteiger partial charge in [0, 0.05) is 25.0 Å². The first kappa shape index (κ1) is 13.6. The minimum atomic E-state index is 0.248. The summed E-state index contributed by atoms with van der Waals surface area (Å²) in [7, 11) is 1.74. The van der Waals surface area contributed by atoms with Crippen LogP contribution in [0.25, 0.3) is 0 Å². The summed E-state index contributed by atoms with van der Waals surface area (Å²) in [5, 5.41) is 6.75. The average molecular weight is 242 g/mol. The van der Waals surface area contributed by atoms with Crippen LogP contribution in [0.15, 0.2) is 5.38 Å². The van der Waals surface area contributed by atoms with Crippen LogP contribution >= 0.6 is 11.3 Å². The van der Waals surface area contributed by atoms with E-state index in [9.17, 15) is 0 Å². The van der Waals surface area contributed by atoms with Gasteiger partial charge in [0.25, 0.3) is 0 Å². The molecule has 0 aliphatic heterocycles. The maximum Gasteiger partial charge on any atom is 0.0954 e. The molecule has 0 bridgehead atoms. The molecule has 1 N–H and O–H groups in total. The molecule has 4 heteroatoms. The molecule has 0 spiro atoms. The topological polar surface area (TPSA) is 34.1 Å². The Kier molecular flexibility index (Phi) is 5.95. The second-order valence-electron chi connectivity index (χ2n) is 4.09. The predicted octanol–water partition coefficient (Wildman–Crippen LogP) is 2.78. The first-order chi connectivity index (χ1) is 7.67. The Morgan fingerprint density at radius 2 is 2.25 bits per heavy atom. The molecule has 3 nitrogen and oxygen atoms in total. The average Bonchev–Trinajstić information content (AvgIpc) is 2.74. The number of rotatable bonds is 7. The van der Waals surface area contributed by atoms with Gasteiger partial charge >= 0.3 is 0 Å². The smallest absolute Gasteiger partial charge is 0.0954 e. The summed E-state index contributed by atoms with van der Waals surface area (Å²) >= 11 is 1.72. The molecule has 0 aliphatic carbocycles. The maximum absolute atomic E-state index is 5.24. The summed E-state index contributed by atoms with van der Waals surface area (Å²) < 4.78 is 5.24. The van der Waals surface area contributed by atoms with E-state index in [2.05, 4.69) is 36.5 Å². The molecule has 0 saturated carbocycles. The molecule has 0 aromatic carbocycles. The van der Waals surface area contributed by atoms with Gasteiger partial charge in [-0.25, -0.2) is 4.98 Å². The number of hydrogen-bond donors (Lipinski definition) is 1. The normalized spacial score (nSPS) is 15.0. The van der Waals surface area contributed by atoms with E-state index in [1.807, 2.05) is 0 Å². The molecule has 0 fully saturated rings. The lowest BCUT2D eigenvalue weighted by molar-refractivity contribution is 0.118. The fourth-order valence-electron chi connectivity index (χ4n) is 1.41. The van der Waals surface area contributed by atoms with Crippen LogP contribution in [0.5, 0.6) is 0 Å². The van der Waals surface area contributed by atoms with Crippen LogP contribution in [0.1, 0.15) is 43.9 Å². The summed E-state index contributed by atoms with van der Waals surface area (Å²) in [4.78, 5) is 4.63. The number of hydrogen-bond acceptors (Lipinski definition) is 4. The fraction of sp³-hybridized carbons (Fsp3) is 0.750. The van der Waals surface area contributed by atoms with E-state index in [1.165, 1.54) is 0 Å². The van der Waals surface area contributed by atoms with Crippen molar-refractivity contribution < 1.29 is 4.74 Å². The first-order valence-electron chi connectivity index (χ1n) is 5.87. The highest BCUT2D eigenvalue weighted by Gasteiger charge is 2.10. The van der Waals surface area contributed by atoms with Crippen molar-refractivity contribution in [3.8, 4) is 0 Å². The van der Waals surface area contributed by atoms with Crippen molar-refractivity contribution in [2.24, 2.45) is 0 Å². The number of thiazole rings is 1. The van der Waals surface area contributed by atoms with Crippen LogP contribution in [0.2, 0.25) is 0 Å². The lowest BCUT2D eigenvalue weighted by Crippen LogP contribution is -2.19. The van der Waals surface area contributed by atoms with Gasteiger partial charge in [0.15, 0.2) is 0 Å². The van der Waals surface area contributed by atoms with E-state index in [4.69, 9.17) is 4.74 Å². The second kappa shape index (κ2) is 6.99. The van der Waals surface area contributed by atoms with Gasteiger partial charge in [-0.15, -0.1) is 11.3 Å². The van der Waals surface area contributed by atoms with Crippen LogP contribution in [0.3, 0.4) is 0 Å². The van der Waals surface area contributed by atoms with Crippen LogP contribution < -0.4 is 5.32 Å². The summed E-state index contributed by atoms with van der Waals surface area (Å²) in [5.41, 5.74) is 1.15. The maximum atomic E-state index is 5.24. The summed E-state index contributed by atoms with van der Waals surface area (Å²) in [6.07, 6.45) is 2.31. The molecule has 0 saturated heterocycles. The molecule has 1 heterocycles. The largest absolute Gasteiger partial charge is 0.381 e. The number of nitrogens with zero attached hydrogens (tertiary/aromatic N) is 1. The molecule has 16 heavy (non-hydrogen) atoms. The van der Waals surface area contributed by atoms with Crippen LogP contribution in [0.4, 0.5) is 0 Å². The highest BCUT2D eigenvalue weighted by Crippen LogP contribution is 2.18. The van der Waals surface area contributed by atoms with Crippen LogP contribution in [-0.4, -0.2) is 24.7 Å². The van der Waals surface area contributed by atoms with Crippen LogP contribution in [-0.2, 0) is 11.2 Å². The van der Waals surface area contributed by atoms with Gasteiger partial charge in [0.2, 0.25) is 0 Å². The van der Waals surface area contributed by atoms with Gasteiger partial charge < -0.3 is 10.1 Å². The van der Waals surface area contributed by atoms with Crippen molar-refractivity contribution in [1.29, 1.82) is 0 Å². The Morgan fingerprint density at radius 3 is 2.88 bits per heavy atom. The molecular weight excluding hydrogens is 220 g/mol. The van der Waals surface area contributed by atoms with Crippen molar-refractivity contribution in [3.63, 3.8) is 0 Å². The highest BCUT2D eigenvalue weighted by molar-refractivity contribution is 7.09. The van der Waals surface area contributed by atoms with Crippen molar-refractivity contribution in [2.75, 3.05) is 13.7 Å². The highest BCUT2D eigenvalue weighted by atomic mass is 32.1. The Bertz CT molecular complexity index is 301. The molecule has 1 aromatic rings. The van der Waals surface area contributed by atoms with E-state index in [-0.39, 0.29) is 6.10 Å². The Morgan fingerprint density at radius 1 is 1.50 bits per heavy atom. The molecule has 1 rings (SSSR count). The minimum absolute atomic E-state index is 0.248. The lowest BCUT2D eigenvalue weighted by Gasteiger charge is -2.10. The summed E-state index contributed by atoms with van der Waals surface area (Å²) in [5.74, 6) is 0. The van der Waals surface area contributed by atoms with Gasteiger partial charge in [-0.3, -0.25) is 0 Å². The van der Waals surface area contributed by atoms with E-state index >= 15 is 0 Å². The van der Waals surface area contributed by atoms with E-state index in [0.29, 0.717) is 6.04 Å². The molecule has 0 amide bonds. The zero-order valence-electron chi connectivity index (χ0n) is 10.6. The predicted molar refractivity (Wildman–Crippen MR) is 69.0 cm³/mol. The summed E-state index contributed by atoms with van der Waals surface area (Å²) in [6, 6.07) is 0.350. The minimum Gasteiger partial charge on any atom is -0.381 e. The fourth-order valence-corrected chi connectivity index (χ4v) is 2.42. The zero-order chi connectivity index (χ0) is 12.0. The Labute approximate surface area is 102 Å². The van der Waals surface area contributed by atoms with E-state index < -0.39 is 0 Å². The quantitative estimate of drug-likeness (QED) is 0.798. The monoisotopic (exact) mass is 242 g/mol. The molecule has 2 unspecified atom stereocenters. The number of ether oxygens (including phenoxy) is 1. The Balaban J connectivity index is 2.50. The van der Waals surface area contributed by atoms with E-state index in [0.717, 1.165) is 30.1 Å². The number of nitrogens with one attached hydrogen (secondary N) is 1.